The van der Waals surface area contributed by atoms with Gasteiger partial charge in [0.2, 0.25) is 0 Å². The predicted octanol–water partition coefficient (Wildman–Crippen LogP) is -7.33. The second kappa shape index (κ2) is 9.77. The molecule has 0 aromatic heterocycles. The molecule has 0 bridgehead atoms. The van der Waals surface area contributed by atoms with Crippen molar-refractivity contribution >= 4 is 10.4 Å². The van der Waals surface area contributed by atoms with Gasteiger partial charge in [-0.25, -0.2) is 0 Å². The molecule has 0 N–H and O–H groups in total. The van der Waals surface area contributed by atoms with Crippen molar-refractivity contribution in [3.8, 4) is 0 Å². The van der Waals surface area contributed by atoms with Crippen LogP contribution in [-0.2, 0) is 27.8 Å². The molecular formula is CrIKO4S+. The van der Waals surface area contributed by atoms with Crippen molar-refractivity contribution in [3.05, 3.63) is 0 Å². The quantitative estimate of drug-likeness (QED) is 0.193. The first-order chi connectivity index (χ1) is 2.00. The van der Waals surface area contributed by atoms with Crippen LogP contribution in [0.15, 0.2) is 0 Å². The van der Waals surface area contributed by atoms with Crippen LogP contribution < -0.4 is 75.4 Å². The minimum absolute atomic E-state index is 0. The van der Waals surface area contributed by atoms with E-state index in [9.17, 15) is 0 Å². The van der Waals surface area contributed by atoms with Crippen molar-refractivity contribution in [1.29, 1.82) is 0 Å². The third-order valence-corrected chi connectivity index (χ3v) is 0. The van der Waals surface area contributed by atoms with Gasteiger partial charge in [0.1, 0.15) is 0 Å². The first-order valence-electron chi connectivity index (χ1n) is 0.667. The van der Waals surface area contributed by atoms with Crippen molar-refractivity contribution in [1.82, 2.24) is 0 Å². The molecule has 0 amide bonds. The third-order valence-electron chi connectivity index (χ3n) is 0. The molecule has 0 heterocycles. The monoisotopic (exact) mass is 314 g/mol. The van der Waals surface area contributed by atoms with Crippen molar-refractivity contribution < 1.29 is 110 Å². The first kappa shape index (κ1) is 22.4. The summed E-state index contributed by atoms with van der Waals surface area (Å²) in [6, 6.07) is 0. The summed E-state index contributed by atoms with van der Waals surface area (Å²) in [5.41, 5.74) is 0. The molecule has 0 spiro atoms. The third kappa shape index (κ3) is 69.0. The standard InChI is InChI=1S/Cr.HI.K.H2O4S/c;;;1-5(2,3)4/h;1H;;(H2,1,2,3,4)/q+3;;+1;/p-3. The Kier molecular flexibility index (Phi) is 27.4. The molecule has 0 aliphatic carbocycles. The summed E-state index contributed by atoms with van der Waals surface area (Å²) in [6.07, 6.45) is 0. The Morgan fingerprint density at radius 2 is 1.12 bits per heavy atom. The van der Waals surface area contributed by atoms with Gasteiger partial charge in [-0.15, -0.1) is 0 Å². The average molecular weight is 314 g/mol. The van der Waals surface area contributed by atoms with Crippen LogP contribution in [0, 0.1) is 0 Å². The molecule has 0 unspecified atom stereocenters. The van der Waals surface area contributed by atoms with Gasteiger partial charge in [-0.2, -0.15) is 0 Å². The van der Waals surface area contributed by atoms with Gasteiger partial charge in [-0.05, 0) is 0 Å². The normalized spacial score (nSPS) is 7.25. The SMILES string of the molecule is O=S(=O)([O-])[O-].[Cr+3].[I-].[K+]. The van der Waals surface area contributed by atoms with Crippen LogP contribution in [0.3, 0.4) is 0 Å². The molecule has 0 aliphatic rings. The fraction of sp³-hybridized carbons (Fsp3) is 0. The van der Waals surface area contributed by atoms with Gasteiger partial charge < -0.3 is 33.1 Å². The molecule has 0 aromatic carbocycles. The Hall–Kier alpha value is 2.77. The molecule has 0 aromatic rings. The van der Waals surface area contributed by atoms with Crippen LogP contribution in [-0.4, -0.2) is 17.5 Å². The summed E-state index contributed by atoms with van der Waals surface area (Å²) in [5, 5.41) is 0. The Morgan fingerprint density at radius 1 is 1.12 bits per heavy atom. The summed E-state index contributed by atoms with van der Waals surface area (Å²) in [7, 11) is -5.17. The van der Waals surface area contributed by atoms with Crippen molar-refractivity contribution in [2.24, 2.45) is 0 Å². The number of hydrogen-bond acceptors (Lipinski definition) is 4. The van der Waals surface area contributed by atoms with E-state index in [0.717, 1.165) is 0 Å². The van der Waals surface area contributed by atoms with Gasteiger partial charge in [-0.3, -0.25) is 8.42 Å². The van der Waals surface area contributed by atoms with Crippen molar-refractivity contribution in [2.45, 2.75) is 0 Å². The van der Waals surface area contributed by atoms with E-state index in [-0.39, 0.29) is 92.7 Å². The van der Waals surface area contributed by atoms with Gasteiger partial charge in [-0.1, -0.05) is 0 Å². The van der Waals surface area contributed by atoms with Gasteiger partial charge in [0.25, 0.3) is 0 Å². The van der Waals surface area contributed by atoms with Crippen LogP contribution in [0.25, 0.3) is 0 Å². The maximum absolute atomic E-state index is 8.52. The van der Waals surface area contributed by atoms with Crippen LogP contribution in [0.1, 0.15) is 0 Å². The number of halogens is 1. The Bertz CT molecular complexity index is 99.2. The van der Waals surface area contributed by atoms with Crippen molar-refractivity contribution in [3.63, 3.8) is 0 Å². The fourth-order valence-electron chi connectivity index (χ4n) is 0. The molecule has 0 aliphatic heterocycles. The van der Waals surface area contributed by atoms with E-state index in [1.807, 2.05) is 0 Å². The zero-order valence-corrected chi connectivity index (χ0v) is 11.2. The molecule has 8 heavy (non-hydrogen) atoms. The molecule has 0 fully saturated rings. The topological polar surface area (TPSA) is 80.3 Å². The summed E-state index contributed by atoms with van der Waals surface area (Å²) in [5.74, 6) is 0. The first-order valence-corrected chi connectivity index (χ1v) is 2.00. The summed E-state index contributed by atoms with van der Waals surface area (Å²) < 4.78 is 34.1. The minimum Gasteiger partial charge on any atom is -1.00 e. The molecule has 8 heteroatoms. The van der Waals surface area contributed by atoms with E-state index in [0.29, 0.717) is 0 Å². The van der Waals surface area contributed by atoms with Crippen molar-refractivity contribution in [2.75, 3.05) is 0 Å². The van der Waals surface area contributed by atoms with E-state index >= 15 is 0 Å². The maximum Gasteiger partial charge on any atom is 3.00 e. The second-order valence-corrected chi connectivity index (χ2v) is 1.22. The largest absolute Gasteiger partial charge is 3.00 e. The molecule has 4 nitrogen and oxygen atoms in total. The molecule has 43 valence electrons. The minimum atomic E-state index is -5.17. The maximum atomic E-state index is 8.52. The van der Waals surface area contributed by atoms with Gasteiger partial charge in [0.15, 0.2) is 0 Å². The summed E-state index contributed by atoms with van der Waals surface area (Å²) in [6.45, 7) is 0. The number of rotatable bonds is 0. The van der Waals surface area contributed by atoms with Gasteiger partial charge in [0, 0.05) is 10.4 Å². The van der Waals surface area contributed by atoms with Gasteiger partial charge >= 0.3 is 68.7 Å². The van der Waals surface area contributed by atoms with Crippen LogP contribution >= 0.6 is 0 Å². The van der Waals surface area contributed by atoms with Gasteiger partial charge in [0.05, 0.1) is 0 Å². The Balaban J connectivity index is -0.0000000267. The van der Waals surface area contributed by atoms with E-state index in [1.165, 1.54) is 0 Å². The van der Waals surface area contributed by atoms with E-state index < -0.39 is 10.4 Å². The molecule has 0 rings (SSSR count). The zero-order chi connectivity index (χ0) is 4.50. The number of hydrogen-bond donors (Lipinski definition) is 0. The van der Waals surface area contributed by atoms with Crippen LogP contribution in [0.4, 0.5) is 0 Å². The average Bonchev–Trinajstić information content (AvgIpc) is 0.722. The molecule has 1 radical (unpaired) electrons. The van der Waals surface area contributed by atoms with Crippen LogP contribution in [0.5, 0.6) is 0 Å². The second-order valence-electron chi connectivity index (χ2n) is 0.408. The van der Waals surface area contributed by atoms with E-state index in [1.54, 1.807) is 0 Å². The Labute approximate surface area is 118 Å². The summed E-state index contributed by atoms with van der Waals surface area (Å²) in [4.78, 5) is 0. The van der Waals surface area contributed by atoms with E-state index in [4.69, 9.17) is 17.5 Å². The smallest absolute Gasteiger partial charge is 1.00 e. The molecule has 0 atom stereocenters. The molecular weight excluding hydrogens is 314 g/mol. The molecule has 0 saturated carbocycles. The Morgan fingerprint density at radius 3 is 1.12 bits per heavy atom. The van der Waals surface area contributed by atoms with Crippen LogP contribution in [0.2, 0.25) is 0 Å². The molecule has 0 saturated heterocycles. The summed E-state index contributed by atoms with van der Waals surface area (Å²) >= 11 is 0. The van der Waals surface area contributed by atoms with E-state index in [2.05, 4.69) is 0 Å². The zero-order valence-electron chi connectivity index (χ0n) is 3.83. The predicted molar refractivity (Wildman–Crippen MR) is 10.5 cm³/mol. The fourth-order valence-corrected chi connectivity index (χ4v) is 0.